The summed E-state index contributed by atoms with van der Waals surface area (Å²) in [6.07, 6.45) is 2.10. The first-order valence-corrected chi connectivity index (χ1v) is 7.32. The lowest BCUT2D eigenvalue weighted by molar-refractivity contribution is 0.00355. The lowest BCUT2D eigenvalue weighted by Gasteiger charge is -2.23. The molecule has 1 aromatic carbocycles. The van der Waals surface area contributed by atoms with E-state index in [0.717, 1.165) is 29.5 Å². The zero-order valence-electron chi connectivity index (χ0n) is 11.2. The highest BCUT2D eigenvalue weighted by atomic mass is 79.9. The van der Waals surface area contributed by atoms with E-state index in [2.05, 4.69) is 38.4 Å². The highest BCUT2D eigenvalue weighted by Crippen LogP contribution is 2.29. The van der Waals surface area contributed by atoms with Gasteiger partial charge in [0.15, 0.2) is 5.82 Å². The molecule has 0 saturated carbocycles. The van der Waals surface area contributed by atoms with E-state index >= 15 is 0 Å². The molecule has 2 heterocycles. The summed E-state index contributed by atoms with van der Waals surface area (Å²) >= 11 is 3.44. The second-order valence-electron chi connectivity index (χ2n) is 5.34. The minimum atomic E-state index is -0.193. The Balaban J connectivity index is 1.93. The molecule has 0 amide bonds. The van der Waals surface area contributed by atoms with E-state index in [0.29, 0.717) is 18.1 Å². The Morgan fingerprint density at radius 2 is 2.30 bits per heavy atom. The molecular weight excluding hydrogens is 322 g/mol. The molecule has 2 aromatic rings. The molecule has 0 spiro atoms. The molecule has 1 aromatic heterocycles. The van der Waals surface area contributed by atoms with Gasteiger partial charge in [0, 0.05) is 22.3 Å². The van der Waals surface area contributed by atoms with Crippen LogP contribution < -0.4 is 5.73 Å². The van der Waals surface area contributed by atoms with Gasteiger partial charge in [-0.05, 0) is 48.4 Å². The normalized spacial score (nSPS) is 22.3. The van der Waals surface area contributed by atoms with E-state index in [9.17, 15) is 0 Å². The van der Waals surface area contributed by atoms with Crippen LogP contribution in [0.3, 0.4) is 0 Å². The summed E-state index contributed by atoms with van der Waals surface area (Å²) in [7, 11) is 0. The first-order chi connectivity index (χ1) is 9.56. The Kier molecular flexibility index (Phi) is 3.47. The SMILES string of the molecule is CC1(Cn2nnnc2-c2cc(N)cc(Br)c2)CCCO1. The van der Waals surface area contributed by atoms with Crippen LogP contribution in [-0.4, -0.2) is 32.4 Å². The highest BCUT2D eigenvalue weighted by Gasteiger charge is 2.31. The summed E-state index contributed by atoms with van der Waals surface area (Å²) in [4.78, 5) is 0. The number of rotatable bonds is 3. The van der Waals surface area contributed by atoms with Gasteiger partial charge >= 0.3 is 0 Å². The van der Waals surface area contributed by atoms with Gasteiger partial charge in [0.05, 0.1) is 12.1 Å². The zero-order chi connectivity index (χ0) is 14.2. The Bertz CT molecular complexity index is 601. The lowest BCUT2D eigenvalue weighted by atomic mass is 10.0. The van der Waals surface area contributed by atoms with E-state index in [1.165, 1.54) is 0 Å². The van der Waals surface area contributed by atoms with E-state index in [1.807, 2.05) is 18.2 Å². The number of hydrogen-bond donors (Lipinski definition) is 1. The average molecular weight is 338 g/mol. The van der Waals surface area contributed by atoms with Crippen LogP contribution >= 0.6 is 15.9 Å². The molecule has 1 aliphatic heterocycles. The standard InChI is InChI=1S/C13H16BrN5O/c1-13(3-2-4-20-13)8-19-12(16-17-18-19)9-5-10(14)7-11(15)6-9/h5-7H,2-4,8,15H2,1H3. The minimum absolute atomic E-state index is 0.193. The summed E-state index contributed by atoms with van der Waals surface area (Å²) in [5.41, 5.74) is 7.25. The van der Waals surface area contributed by atoms with Crippen molar-refractivity contribution >= 4 is 21.6 Å². The smallest absolute Gasteiger partial charge is 0.182 e. The van der Waals surface area contributed by atoms with Crippen LogP contribution in [-0.2, 0) is 11.3 Å². The van der Waals surface area contributed by atoms with E-state index < -0.39 is 0 Å². The van der Waals surface area contributed by atoms with Crippen molar-refractivity contribution in [3.05, 3.63) is 22.7 Å². The molecular formula is C13H16BrN5O. The molecule has 1 unspecified atom stereocenters. The van der Waals surface area contributed by atoms with Crippen LogP contribution in [0.25, 0.3) is 11.4 Å². The van der Waals surface area contributed by atoms with Gasteiger partial charge in [0.25, 0.3) is 0 Å². The molecule has 1 fully saturated rings. The summed E-state index contributed by atoms with van der Waals surface area (Å²) in [5.74, 6) is 0.703. The molecule has 6 nitrogen and oxygen atoms in total. The summed E-state index contributed by atoms with van der Waals surface area (Å²) in [6, 6.07) is 5.67. The number of nitrogens with zero attached hydrogens (tertiary/aromatic N) is 4. The van der Waals surface area contributed by atoms with Gasteiger partial charge in [-0.25, -0.2) is 4.68 Å². The Morgan fingerprint density at radius 1 is 1.45 bits per heavy atom. The highest BCUT2D eigenvalue weighted by molar-refractivity contribution is 9.10. The zero-order valence-corrected chi connectivity index (χ0v) is 12.8. The third-order valence-electron chi connectivity index (χ3n) is 3.49. The summed E-state index contributed by atoms with van der Waals surface area (Å²) < 4.78 is 8.49. The van der Waals surface area contributed by atoms with Crippen LogP contribution in [0, 0.1) is 0 Å². The molecule has 1 aliphatic rings. The Labute approximate surface area is 125 Å². The molecule has 20 heavy (non-hydrogen) atoms. The number of aromatic nitrogens is 4. The first kappa shape index (κ1) is 13.5. The fourth-order valence-electron chi connectivity index (χ4n) is 2.54. The number of ether oxygens (including phenoxy) is 1. The molecule has 1 atom stereocenters. The van der Waals surface area contributed by atoms with Crippen molar-refractivity contribution in [3.8, 4) is 11.4 Å². The Hall–Kier alpha value is -1.47. The fourth-order valence-corrected chi connectivity index (χ4v) is 3.05. The van der Waals surface area contributed by atoms with Crippen molar-refractivity contribution in [2.24, 2.45) is 0 Å². The second-order valence-corrected chi connectivity index (χ2v) is 6.25. The first-order valence-electron chi connectivity index (χ1n) is 6.52. The second kappa shape index (κ2) is 5.14. The predicted molar refractivity (Wildman–Crippen MR) is 79.0 cm³/mol. The summed E-state index contributed by atoms with van der Waals surface area (Å²) in [5, 5.41) is 12.0. The maximum absolute atomic E-state index is 5.87. The number of nitrogen functional groups attached to an aromatic ring is 1. The molecule has 0 radical (unpaired) electrons. The summed E-state index contributed by atoms with van der Waals surface area (Å²) in [6.45, 7) is 3.54. The topological polar surface area (TPSA) is 78.9 Å². The van der Waals surface area contributed by atoms with Gasteiger partial charge in [-0.15, -0.1) is 5.10 Å². The molecule has 7 heteroatoms. The van der Waals surface area contributed by atoms with Crippen molar-refractivity contribution in [1.82, 2.24) is 20.2 Å². The predicted octanol–water partition coefficient (Wildman–Crippen LogP) is 2.25. The number of halogens is 1. The van der Waals surface area contributed by atoms with Crippen LogP contribution in [0.15, 0.2) is 22.7 Å². The molecule has 0 aliphatic carbocycles. The quantitative estimate of drug-likeness (QED) is 0.869. The number of benzene rings is 1. The van der Waals surface area contributed by atoms with Crippen molar-refractivity contribution in [3.63, 3.8) is 0 Å². The minimum Gasteiger partial charge on any atom is -0.399 e. The monoisotopic (exact) mass is 337 g/mol. The maximum Gasteiger partial charge on any atom is 0.182 e. The third-order valence-corrected chi connectivity index (χ3v) is 3.95. The van der Waals surface area contributed by atoms with Crippen molar-refractivity contribution in [1.29, 1.82) is 0 Å². The fraction of sp³-hybridized carbons (Fsp3) is 0.462. The Morgan fingerprint density at radius 3 is 3.00 bits per heavy atom. The number of tetrazole rings is 1. The van der Waals surface area contributed by atoms with Crippen molar-refractivity contribution in [2.45, 2.75) is 31.9 Å². The van der Waals surface area contributed by atoms with Crippen molar-refractivity contribution < 1.29 is 4.74 Å². The van der Waals surface area contributed by atoms with Gasteiger partial charge in [0.2, 0.25) is 0 Å². The van der Waals surface area contributed by atoms with Crippen molar-refractivity contribution in [2.75, 3.05) is 12.3 Å². The van der Waals surface area contributed by atoms with Crippen LogP contribution in [0.5, 0.6) is 0 Å². The van der Waals surface area contributed by atoms with E-state index in [1.54, 1.807) is 4.68 Å². The maximum atomic E-state index is 5.87. The number of anilines is 1. The van der Waals surface area contributed by atoms with Gasteiger partial charge < -0.3 is 10.5 Å². The molecule has 3 rings (SSSR count). The lowest BCUT2D eigenvalue weighted by Crippen LogP contribution is -2.30. The largest absolute Gasteiger partial charge is 0.399 e. The van der Waals surface area contributed by atoms with Crippen LogP contribution in [0.4, 0.5) is 5.69 Å². The van der Waals surface area contributed by atoms with E-state index in [4.69, 9.17) is 10.5 Å². The van der Waals surface area contributed by atoms with Gasteiger partial charge in [-0.2, -0.15) is 0 Å². The van der Waals surface area contributed by atoms with E-state index in [-0.39, 0.29) is 5.60 Å². The number of hydrogen-bond acceptors (Lipinski definition) is 5. The molecule has 106 valence electrons. The molecule has 2 N–H and O–H groups in total. The average Bonchev–Trinajstić information content (AvgIpc) is 2.98. The molecule has 0 bridgehead atoms. The third kappa shape index (κ3) is 2.69. The van der Waals surface area contributed by atoms with Gasteiger partial charge in [-0.3, -0.25) is 0 Å². The van der Waals surface area contributed by atoms with Crippen LogP contribution in [0.2, 0.25) is 0 Å². The van der Waals surface area contributed by atoms with Gasteiger partial charge in [-0.1, -0.05) is 15.9 Å². The number of nitrogens with two attached hydrogens (primary N) is 1. The van der Waals surface area contributed by atoms with Crippen LogP contribution in [0.1, 0.15) is 19.8 Å². The molecule has 1 saturated heterocycles. The van der Waals surface area contributed by atoms with Gasteiger partial charge in [0.1, 0.15) is 0 Å².